The summed E-state index contributed by atoms with van der Waals surface area (Å²) in [7, 11) is 0. The Bertz CT molecular complexity index is 1030. The van der Waals surface area contributed by atoms with Crippen molar-refractivity contribution in [3.8, 4) is 5.75 Å². The summed E-state index contributed by atoms with van der Waals surface area (Å²) in [6, 6.07) is 6.53. The average Bonchev–Trinajstić information content (AvgIpc) is 3.30. The molecule has 0 bridgehead atoms. The molecule has 0 aliphatic heterocycles. The van der Waals surface area contributed by atoms with Crippen LogP contribution in [0.25, 0.3) is 0 Å². The number of nitrogens with two attached hydrogens (primary N) is 1. The molecule has 0 atom stereocenters. The molecule has 3 aromatic rings. The Labute approximate surface area is 170 Å². The predicted molar refractivity (Wildman–Crippen MR) is 104 cm³/mol. The lowest BCUT2D eigenvalue weighted by atomic mass is 10.3. The molecule has 28 heavy (non-hydrogen) atoms. The summed E-state index contributed by atoms with van der Waals surface area (Å²) in [4.78, 5) is 23.9. The number of primary amides is 1. The zero-order chi connectivity index (χ0) is 20.3. The third kappa shape index (κ3) is 4.26. The molecule has 146 valence electrons. The van der Waals surface area contributed by atoms with Crippen LogP contribution in [0.2, 0.25) is 10.0 Å². The van der Waals surface area contributed by atoms with Crippen molar-refractivity contribution in [3.63, 3.8) is 0 Å². The first kappa shape index (κ1) is 19.7. The second kappa shape index (κ2) is 8.32. The number of rotatable bonds is 7. The number of nitrogens with zero attached hydrogens (tertiary/aromatic N) is 4. The van der Waals surface area contributed by atoms with Gasteiger partial charge in [0, 0.05) is 18.9 Å². The molecule has 0 radical (unpaired) electrons. The Hall–Kier alpha value is -3.04. The highest BCUT2D eigenvalue weighted by atomic mass is 35.5. The fraction of sp³-hybridized carbons (Fsp3) is 0.176. The van der Waals surface area contributed by atoms with Crippen LogP contribution in [0, 0.1) is 0 Å². The molecule has 0 aliphatic rings. The van der Waals surface area contributed by atoms with Gasteiger partial charge in [0.1, 0.15) is 10.8 Å². The minimum atomic E-state index is -0.736. The standard InChI is InChI=1S/C17H16Cl2N6O3/c1-2-24-8-12(15(23-24)16(20)26)21-17(27)11-6-7-25(22-11)9-28-13-5-3-4-10(18)14(13)19/h3-8H,2,9H2,1H3,(H2,20,26)(H,21,27). The Kier molecular flexibility index (Phi) is 5.86. The highest BCUT2D eigenvalue weighted by molar-refractivity contribution is 6.42. The van der Waals surface area contributed by atoms with Crippen molar-refractivity contribution < 1.29 is 14.3 Å². The number of hydrogen-bond acceptors (Lipinski definition) is 5. The number of hydrogen-bond donors (Lipinski definition) is 2. The topological polar surface area (TPSA) is 117 Å². The molecule has 3 N–H and O–H groups in total. The Morgan fingerprint density at radius 2 is 2.00 bits per heavy atom. The Morgan fingerprint density at radius 3 is 2.71 bits per heavy atom. The lowest BCUT2D eigenvalue weighted by molar-refractivity contribution is 0.0995. The van der Waals surface area contributed by atoms with E-state index in [1.807, 2.05) is 6.92 Å². The van der Waals surface area contributed by atoms with E-state index in [2.05, 4.69) is 15.5 Å². The van der Waals surface area contributed by atoms with Gasteiger partial charge in [0.25, 0.3) is 11.8 Å². The molecule has 0 unspecified atom stereocenters. The number of benzene rings is 1. The molecule has 2 amide bonds. The first-order valence-corrected chi connectivity index (χ1v) is 8.93. The first-order chi connectivity index (χ1) is 13.4. The van der Waals surface area contributed by atoms with Crippen LogP contribution in [0.4, 0.5) is 5.69 Å². The molecule has 3 rings (SSSR count). The summed E-state index contributed by atoms with van der Waals surface area (Å²) in [5.41, 5.74) is 5.62. The molecule has 9 nitrogen and oxygen atoms in total. The monoisotopic (exact) mass is 422 g/mol. The Morgan fingerprint density at radius 1 is 1.21 bits per heavy atom. The summed E-state index contributed by atoms with van der Waals surface area (Å²) in [5, 5.41) is 11.4. The lowest BCUT2D eigenvalue weighted by Crippen LogP contribution is -2.18. The van der Waals surface area contributed by atoms with E-state index in [0.717, 1.165) is 0 Å². The molecular weight excluding hydrogens is 407 g/mol. The van der Waals surface area contributed by atoms with Crippen LogP contribution in [0.5, 0.6) is 5.75 Å². The SMILES string of the molecule is CCn1cc(NC(=O)c2ccn(COc3cccc(Cl)c3Cl)n2)c(C(N)=O)n1. The fourth-order valence-corrected chi connectivity index (χ4v) is 2.68. The van der Waals surface area contributed by atoms with E-state index in [9.17, 15) is 9.59 Å². The van der Waals surface area contributed by atoms with Crippen molar-refractivity contribution >= 4 is 40.7 Å². The van der Waals surface area contributed by atoms with Gasteiger partial charge in [0.2, 0.25) is 0 Å². The van der Waals surface area contributed by atoms with Crippen LogP contribution in [-0.2, 0) is 13.3 Å². The van der Waals surface area contributed by atoms with E-state index in [1.165, 1.54) is 21.6 Å². The predicted octanol–water partition coefficient (Wildman–Crippen LogP) is 2.79. The highest BCUT2D eigenvalue weighted by Gasteiger charge is 2.18. The normalized spacial score (nSPS) is 10.7. The van der Waals surface area contributed by atoms with Crippen molar-refractivity contribution in [2.75, 3.05) is 5.32 Å². The highest BCUT2D eigenvalue weighted by Crippen LogP contribution is 2.31. The minimum absolute atomic E-state index is 0.0198. The van der Waals surface area contributed by atoms with E-state index < -0.39 is 11.8 Å². The summed E-state index contributed by atoms with van der Waals surface area (Å²) in [6.07, 6.45) is 3.09. The Balaban J connectivity index is 1.68. The fourth-order valence-electron chi connectivity index (χ4n) is 2.33. The number of carbonyl (C=O) groups excluding carboxylic acids is 2. The van der Waals surface area contributed by atoms with E-state index >= 15 is 0 Å². The maximum absolute atomic E-state index is 12.4. The smallest absolute Gasteiger partial charge is 0.276 e. The zero-order valence-corrected chi connectivity index (χ0v) is 16.2. The van der Waals surface area contributed by atoms with Gasteiger partial charge in [-0.05, 0) is 25.1 Å². The number of ether oxygens (including phenoxy) is 1. The molecular formula is C17H16Cl2N6O3. The van der Waals surface area contributed by atoms with Crippen LogP contribution >= 0.6 is 23.2 Å². The molecule has 0 spiro atoms. The number of aryl methyl sites for hydroxylation is 1. The molecule has 11 heteroatoms. The quantitative estimate of drug-likeness (QED) is 0.606. The molecule has 1 aromatic carbocycles. The van der Waals surface area contributed by atoms with Gasteiger partial charge >= 0.3 is 0 Å². The van der Waals surface area contributed by atoms with Gasteiger partial charge in [-0.15, -0.1) is 0 Å². The number of halogens is 2. The molecule has 0 saturated heterocycles. The summed E-state index contributed by atoms with van der Waals surface area (Å²) < 4.78 is 8.47. The van der Waals surface area contributed by atoms with Gasteiger partial charge in [0.15, 0.2) is 18.1 Å². The maximum atomic E-state index is 12.4. The van der Waals surface area contributed by atoms with Gasteiger partial charge in [-0.2, -0.15) is 10.2 Å². The van der Waals surface area contributed by atoms with Crippen molar-refractivity contribution in [1.29, 1.82) is 0 Å². The third-order valence-corrected chi connectivity index (χ3v) is 4.51. The van der Waals surface area contributed by atoms with Gasteiger partial charge in [0.05, 0.1) is 10.7 Å². The first-order valence-electron chi connectivity index (χ1n) is 8.18. The summed E-state index contributed by atoms with van der Waals surface area (Å²) >= 11 is 12.0. The number of anilines is 1. The van der Waals surface area contributed by atoms with Crippen LogP contribution in [0.15, 0.2) is 36.7 Å². The van der Waals surface area contributed by atoms with Crippen molar-refractivity contribution in [1.82, 2.24) is 19.6 Å². The van der Waals surface area contributed by atoms with Crippen LogP contribution in [-0.4, -0.2) is 31.4 Å². The molecule has 2 aromatic heterocycles. The van der Waals surface area contributed by atoms with Gasteiger partial charge in [-0.25, -0.2) is 4.68 Å². The molecule has 0 aliphatic carbocycles. The second-order valence-corrected chi connectivity index (χ2v) is 6.42. The van der Waals surface area contributed by atoms with Gasteiger partial charge in [-0.1, -0.05) is 29.3 Å². The van der Waals surface area contributed by atoms with Crippen molar-refractivity contribution in [2.45, 2.75) is 20.2 Å². The average molecular weight is 423 g/mol. The number of carbonyl (C=O) groups is 2. The lowest BCUT2D eigenvalue weighted by Gasteiger charge is -2.08. The van der Waals surface area contributed by atoms with Crippen LogP contribution < -0.4 is 15.8 Å². The van der Waals surface area contributed by atoms with Crippen molar-refractivity contribution in [3.05, 3.63) is 58.1 Å². The molecule has 2 heterocycles. The van der Waals surface area contributed by atoms with Crippen LogP contribution in [0.1, 0.15) is 27.9 Å². The summed E-state index contributed by atoms with van der Waals surface area (Å²) in [5.74, 6) is -0.855. The largest absolute Gasteiger partial charge is 0.470 e. The summed E-state index contributed by atoms with van der Waals surface area (Å²) in [6.45, 7) is 2.39. The maximum Gasteiger partial charge on any atom is 0.276 e. The second-order valence-electron chi connectivity index (χ2n) is 5.63. The molecule has 0 fully saturated rings. The van der Waals surface area contributed by atoms with Gasteiger partial charge < -0.3 is 15.8 Å². The van der Waals surface area contributed by atoms with E-state index in [0.29, 0.717) is 22.3 Å². The van der Waals surface area contributed by atoms with E-state index in [1.54, 1.807) is 24.4 Å². The third-order valence-electron chi connectivity index (χ3n) is 3.71. The van der Waals surface area contributed by atoms with Crippen molar-refractivity contribution in [2.24, 2.45) is 5.73 Å². The number of aromatic nitrogens is 4. The zero-order valence-electron chi connectivity index (χ0n) is 14.7. The van der Waals surface area contributed by atoms with E-state index in [4.69, 9.17) is 33.7 Å². The minimum Gasteiger partial charge on any atom is -0.470 e. The van der Waals surface area contributed by atoms with Gasteiger partial charge in [-0.3, -0.25) is 14.3 Å². The molecule has 0 saturated carbocycles. The van der Waals surface area contributed by atoms with Crippen LogP contribution in [0.3, 0.4) is 0 Å². The number of amides is 2. The van der Waals surface area contributed by atoms with E-state index in [-0.39, 0.29) is 23.8 Å². The number of nitrogens with one attached hydrogen (secondary N) is 1.